The minimum absolute atomic E-state index is 0.0384. The van der Waals surface area contributed by atoms with E-state index < -0.39 is 12.1 Å². The van der Waals surface area contributed by atoms with Crippen LogP contribution in [0.25, 0.3) is 0 Å². The Kier molecular flexibility index (Phi) is 5.91. The van der Waals surface area contributed by atoms with Gasteiger partial charge in [-0.25, -0.2) is 4.79 Å². The van der Waals surface area contributed by atoms with Crippen molar-refractivity contribution in [2.24, 2.45) is 5.92 Å². The van der Waals surface area contributed by atoms with Gasteiger partial charge in [-0.05, 0) is 62.4 Å². The molecule has 4 aliphatic heterocycles. The molecule has 3 saturated heterocycles. The summed E-state index contributed by atoms with van der Waals surface area (Å²) in [5, 5.41) is 5.68. The van der Waals surface area contributed by atoms with Crippen LogP contribution in [-0.4, -0.2) is 66.2 Å². The van der Waals surface area contributed by atoms with Crippen LogP contribution in [-0.2, 0) is 16.1 Å². The first-order chi connectivity index (χ1) is 15.6. The van der Waals surface area contributed by atoms with Crippen LogP contribution in [0.15, 0.2) is 18.2 Å². The van der Waals surface area contributed by atoms with Gasteiger partial charge in [0, 0.05) is 12.6 Å². The van der Waals surface area contributed by atoms with E-state index in [2.05, 4.69) is 15.5 Å². The molecular weight excluding hydrogens is 412 g/mol. The Morgan fingerprint density at radius 3 is 2.84 bits per heavy atom. The molecule has 2 N–H and O–H groups in total. The molecule has 0 saturated carbocycles. The average Bonchev–Trinajstić information content (AvgIpc) is 3.37. The molecular formula is C23H30N4O5. The maximum absolute atomic E-state index is 12.8. The Balaban J connectivity index is 1.13. The summed E-state index contributed by atoms with van der Waals surface area (Å²) in [5.41, 5.74) is 0.761. The van der Waals surface area contributed by atoms with Crippen LogP contribution in [0.5, 0.6) is 11.5 Å². The molecule has 4 heterocycles. The Hall–Kier alpha value is -2.81. The molecule has 1 aromatic carbocycles. The van der Waals surface area contributed by atoms with Crippen molar-refractivity contribution in [3.8, 4) is 11.5 Å². The van der Waals surface area contributed by atoms with E-state index in [9.17, 15) is 14.4 Å². The van der Waals surface area contributed by atoms with Crippen molar-refractivity contribution in [1.29, 1.82) is 0 Å². The van der Waals surface area contributed by atoms with Crippen LogP contribution >= 0.6 is 0 Å². The van der Waals surface area contributed by atoms with Crippen LogP contribution in [0, 0.1) is 5.92 Å². The zero-order chi connectivity index (χ0) is 22.1. The average molecular weight is 443 g/mol. The lowest BCUT2D eigenvalue weighted by Gasteiger charge is -2.44. The minimum Gasteiger partial charge on any atom is -0.454 e. The van der Waals surface area contributed by atoms with Crippen molar-refractivity contribution < 1.29 is 23.9 Å². The molecule has 4 aliphatic rings. The van der Waals surface area contributed by atoms with Gasteiger partial charge in [0.1, 0.15) is 6.04 Å². The summed E-state index contributed by atoms with van der Waals surface area (Å²) in [5.74, 6) is 1.14. The molecule has 0 radical (unpaired) electrons. The molecule has 172 valence electrons. The first-order valence-electron chi connectivity index (χ1n) is 11.6. The molecule has 3 atom stereocenters. The van der Waals surface area contributed by atoms with Gasteiger partial charge in [0.2, 0.25) is 12.7 Å². The number of carbonyl (C=O) groups excluding carboxylic acids is 3. The first kappa shape index (κ1) is 21.1. The van der Waals surface area contributed by atoms with E-state index in [0.29, 0.717) is 30.0 Å². The number of urea groups is 1. The highest BCUT2D eigenvalue weighted by molar-refractivity contribution is 6.05. The van der Waals surface area contributed by atoms with E-state index in [1.807, 2.05) is 0 Å². The highest BCUT2D eigenvalue weighted by atomic mass is 16.7. The second-order valence-electron chi connectivity index (χ2n) is 9.12. The number of fused-ring (bicyclic) bond motifs is 2. The number of ether oxygens (including phenoxy) is 2. The second-order valence-corrected chi connectivity index (χ2v) is 9.12. The van der Waals surface area contributed by atoms with Gasteiger partial charge in [0.05, 0.1) is 13.0 Å². The highest BCUT2D eigenvalue weighted by Crippen LogP contribution is 2.33. The lowest BCUT2D eigenvalue weighted by molar-refractivity contribution is -0.131. The van der Waals surface area contributed by atoms with Crippen LogP contribution in [0.2, 0.25) is 0 Å². The third-order valence-corrected chi connectivity index (χ3v) is 7.06. The number of piperidine rings is 2. The molecule has 5 rings (SSSR count). The molecule has 1 aromatic rings. The number of imide groups is 1. The van der Waals surface area contributed by atoms with E-state index in [1.54, 1.807) is 18.2 Å². The summed E-state index contributed by atoms with van der Waals surface area (Å²) < 4.78 is 10.7. The largest absolute Gasteiger partial charge is 0.454 e. The summed E-state index contributed by atoms with van der Waals surface area (Å²) in [7, 11) is 0. The molecule has 0 aliphatic carbocycles. The van der Waals surface area contributed by atoms with Crippen molar-refractivity contribution in [3.05, 3.63) is 23.8 Å². The summed E-state index contributed by atoms with van der Waals surface area (Å²) in [6.07, 6.45) is 5.98. The monoisotopic (exact) mass is 442 g/mol. The smallest absolute Gasteiger partial charge is 0.325 e. The van der Waals surface area contributed by atoms with Gasteiger partial charge in [-0.15, -0.1) is 0 Å². The Morgan fingerprint density at radius 1 is 1.09 bits per heavy atom. The number of hydrogen-bond donors (Lipinski definition) is 2. The third-order valence-electron chi connectivity index (χ3n) is 7.06. The van der Waals surface area contributed by atoms with Crippen LogP contribution in [0.1, 0.15) is 44.1 Å². The summed E-state index contributed by atoms with van der Waals surface area (Å²) >= 11 is 0. The zero-order valence-corrected chi connectivity index (χ0v) is 18.2. The quantitative estimate of drug-likeness (QED) is 0.650. The SMILES string of the molecule is O=C(C[C@H]1NC(=O)N(Cc2ccc3c(c2)OCO3)C1=O)NC[C@@H]1CCCN2CCCC[C@H]12. The lowest BCUT2D eigenvalue weighted by atomic mass is 9.83. The Morgan fingerprint density at radius 2 is 1.94 bits per heavy atom. The number of nitrogens with one attached hydrogen (secondary N) is 2. The fraction of sp³-hybridized carbons (Fsp3) is 0.609. The Bertz CT molecular complexity index is 904. The predicted molar refractivity (Wildman–Crippen MR) is 115 cm³/mol. The molecule has 9 heteroatoms. The highest BCUT2D eigenvalue weighted by Gasteiger charge is 2.39. The van der Waals surface area contributed by atoms with Crippen LogP contribution in [0.3, 0.4) is 0 Å². The normalized spacial score (nSPS) is 27.2. The molecule has 0 unspecified atom stereocenters. The molecule has 4 amide bonds. The van der Waals surface area contributed by atoms with Crippen molar-refractivity contribution >= 4 is 17.8 Å². The van der Waals surface area contributed by atoms with E-state index in [4.69, 9.17) is 9.47 Å². The van der Waals surface area contributed by atoms with Gasteiger partial charge in [-0.2, -0.15) is 0 Å². The Labute approximate surface area is 187 Å². The number of amides is 4. The topological polar surface area (TPSA) is 100 Å². The third kappa shape index (κ3) is 4.26. The number of hydrogen-bond acceptors (Lipinski definition) is 6. The first-order valence-corrected chi connectivity index (χ1v) is 11.6. The van der Waals surface area contributed by atoms with Crippen LogP contribution < -0.4 is 20.1 Å². The maximum atomic E-state index is 12.8. The maximum Gasteiger partial charge on any atom is 0.325 e. The fourth-order valence-electron chi connectivity index (χ4n) is 5.40. The zero-order valence-electron chi connectivity index (χ0n) is 18.2. The van der Waals surface area contributed by atoms with Gasteiger partial charge in [-0.1, -0.05) is 12.5 Å². The van der Waals surface area contributed by atoms with Gasteiger partial charge >= 0.3 is 6.03 Å². The fourth-order valence-corrected chi connectivity index (χ4v) is 5.40. The van der Waals surface area contributed by atoms with E-state index in [1.165, 1.54) is 25.7 Å². The molecule has 32 heavy (non-hydrogen) atoms. The molecule has 0 aromatic heterocycles. The van der Waals surface area contributed by atoms with Gasteiger partial charge in [-0.3, -0.25) is 14.5 Å². The number of benzene rings is 1. The summed E-state index contributed by atoms with van der Waals surface area (Å²) in [4.78, 5) is 41.4. The number of carbonyl (C=O) groups is 3. The van der Waals surface area contributed by atoms with Crippen molar-refractivity contribution in [1.82, 2.24) is 20.4 Å². The van der Waals surface area contributed by atoms with Crippen molar-refractivity contribution in [2.45, 2.75) is 57.2 Å². The summed E-state index contributed by atoms with van der Waals surface area (Å²) in [6.45, 7) is 3.25. The van der Waals surface area contributed by atoms with Gasteiger partial charge in [0.15, 0.2) is 11.5 Å². The number of rotatable bonds is 6. The van der Waals surface area contributed by atoms with Crippen molar-refractivity contribution in [2.75, 3.05) is 26.4 Å². The minimum atomic E-state index is -0.825. The molecule has 3 fully saturated rings. The van der Waals surface area contributed by atoms with Crippen molar-refractivity contribution in [3.63, 3.8) is 0 Å². The second kappa shape index (κ2) is 8.97. The van der Waals surface area contributed by atoms with E-state index in [-0.39, 0.29) is 31.6 Å². The standard InChI is InChI=1S/C23H30N4O5/c28-21(24-12-16-4-3-9-26-8-2-1-5-18(16)26)11-17-22(29)27(23(30)25-17)13-15-6-7-19-20(10-15)32-14-31-19/h6-7,10,16-18H,1-5,8-9,11-14H2,(H,24,28)(H,25,30)/t16-,17+,18+/m0/s1. The predicted octanol–water partition coefficient (Wildman–Crippen LogP) is 1.61. The summed E-state index contributed by atoms with van der Waals surface area (Å²) in [6, 6.07) is 4.58. The van der Waals surface area contributed by atoms with E-state index in [0.717, 1.165) is 30.0 Å². The van der Waals surface area contributed by atoms with Gasteiger partial charge < -0.3 is 25.0 Å². The van der Waals surface area contributed by atoms with E-state index >= 15 is 0 Å². The molecule has 0 spiro atoms. The molecule has 9 nitrogen and oxygen atoms in total. The molecule has 0 bridgehead atoms. The number of nitrogens with zero attached hydrogens (tertiary/aromatic N) is 2. The lowest BCUT2D eigenvalue weighted by Crippen LogP contribution is -2.51. The van der Waals surface area contributed by atoms with Gasteiger partial charge in [0.25, 0.3) is 5.91 Å². The van der Waals surface area contributed by atoms with Crippen LogP contribution in [0.4, 0.5) is 4.79 Å².